The maximum absolute atomic E-state index is 11.8. The van der Waals surface area contributed by atoms with E-state index in [2.05, 4.69) is 26.2 Å². The summed E-state index contributed by atoms with van der Waals surface area (Å²) in [6.45, 7) is 4.75. The van der Waals surface area contributed by atoms with Gasteiger partial charge in [-0.1, -0.05) is 0 Å². The minimum Gasteiger partial charge on any atom is -0.395 e. The molecule has 1 aromatic heterocycles. The number of hydrogen-bond donors (Lipinski definition) is 2. The zero-order valence-corrected chi connectivity index (χ0v) is 12.1. The summed E-state index contributed by atoms with van der Waals surface area (Å²) in [6, 6.07) is 3.75. The highest BCUT2D eigenvalue weighted by Gasteiger charge is 2.13. The van der Waals surface area contributed by atoms with Gasteiger partial charge < -0.3 is 10.4 Å². The van der Waals surface area contributed by atoms with Crippen molar-refractivity contribution in [1.82, 2.24) is 9.88 Å². The number of aromatic nitrogens is 1. The number of carbonyl (C=O) groups excluding carboxylic acids is 1. The first-order valence-corrected chi connectivity index (χ1v) is 6.58. The van der Waals surface area contributed by atoms with Crippen LogP contribution in [0.2, 0.25) is 0 Å². The van der Waals surface area contributed by atoms with Crippen LogP contribution in [-0.2, 0) is 4.79 Å². The van der Waals surface area contributed by atoms with Crippen molar-refractivity contribution >= 4 is 27.7 Å². The van der Waals surface area contributed by atoms with E-state index in [1.165, 1.54) is 0 Å². The van der Waals surface area contributed by atoms with Crippen molar-refractivity contribution < 1.29 is 9.90 Å². The molecule has 0 aromatic carbocycles. The summed E-state index contributed by atoms with van der Waals surface area (Å²) < 4.78 is 0.865. The molecule has 0 atom stereocenters. The van der Waals surface area contributed by atoms with Crippen molar-refractivity contribution in [2.24, 2.45) is 0 Å². The van der Waals surface area contributed by atoms with Crippen LogP contribution in [-0.4, -0.2) is 46.6 Å². The lowest BCUT2D eigenvalue weighted by molar-refractivity contribution is -0.117. The molecule has 0 bridgehead atoms. The molecule has 6 heteroatoms. The average molecular weight is 316 g/mol. The summed E-state index contributed by atoms with van der Waals surface area (Å²) in [5.41, 5.74) is 0. The van der Waals surface area contributed by atoms with Gasteiger partial charge >= 0.3 is 0 Å². The van der Waals surface area contributed by atoms with Gasteiger partial charge in [0, 0.05) is 23.3 Å². The second kappa shape index (κ2) is 7.45. The maximum atomic E-state index is 11.8. The molecule has 1 aromatic rings. The summed E-state index contributed by atoms with van der Waals surface area (Å²) in [6.07, 6.45) is 1.63. The van der Waals surface area contributed by atoms with Crippen LogP contribution >= 0.6 is 15.9 Å². The maximum Gasteiger partial charge on any atom is 0.239 e. The SMILES string of the molecule is CC(C)N(CCO)CC(=O)Nc1ccc(Br)cn1. The summed E-state index contributed by atoms with van der Waals surface area (Å²) in [5.74, 6) is 0.392. The second-order valence-electron chi connectivity index (χ2n) is 4.20. The third-order valence-electron chi connectivity index (χ3n) is 2.46. The van der Waals surface area contributed by atoms with Crippen molar-refractivity contribution in [2.75, 3.05) is 25.0 Å². The van der Waals surface area contributed by atoms with Gasteiger partial charge in [0.05, 0.1) is 13.2 Å². The second-order valence-corrected chi connectivity index (χ2v) is 5.11. The van der Waals surface area contributed by atoms with Crippen LogP contribution in [0.25, 0.3) is 0 Å². The molecule has 0 saturated heterocycles. The van der Waals surface area contributed by atoms with Gasteiger partial charge in [-0.2, -0.15) is 0 Å². The fraction of sp³-hybridized carbons (Fsp3) is 0.500. The molecule has 0 fully saturated rings. The van der Waals surface area contributed by atoms with E-state index in [1.54, 1.807) is 12.3 Å². The van der Waals surface area contributed by atoms with Crippen molar-refractivity contribution in [3.63, 3.8) is 0 Å². The molecule has 0 aliphatic carbocycles. The Bertz CT molecular complexity index is 381. The molecule has 5 nitrogen and oxygen atoms in total. The number of pyridine rings is 1. The van der Waals surface area contributed by atoms with Gasteiger partial charge in [-0.3, -0.25) is 9.69 Å². The van der Waals surface area contributed by atoms with E-state index in [9.17, 15) is 4.79 Å². The molecule has 0 saturated carbocycles. The Kier molecular flexibility index (Phi) is 6.24. The van der Waals surface area contributed by atoms with E-state index in [1.807, 2.05) is 24.8 Å². The largest absolute Gasteiger partial charge is 0.395 e. The number of halogens is 1. The predicted molar refractivity (Wildman–Crippen MR) is 74.4 cm³/mol. The molecule has 1 heterocycles. The highest BCUT2D eigenvalue weighted by atomic mass is 79.9. The fourth-order valence-electron chi connectivity index (χ4n) is 1.46. The first kappa shape index (κ1) is 15.1. The number of carbonyl (C=O) groups is 1. The van der Waals surface area contributed by atoms with Crippen LogP contribution in [0.4, 0.5) is 5.82 Å². The van der Waals surface area contributed by atoms with Gasteiger partial charge in [0.1, 0.15) is 5.82 Å². The fourth-order valence-corrected chi connectivity index (χ4v) is 1.70. The van der Waals surface area contributed by atoms with Crippen LogP contribution in [0.15, 0.2) is 22.8 Å². The van der Waals surface area contributed by atoms with E-state index < -0.39 is 0 Å². The van der Waals surface area contributed by atoms with Crippen molar-refractivity contribution in [3.8, 4) is 0 Å². The number of rotatable bonds is 6. The number of anilines is 1. The van der Waals surface area contributed by atoms with Gasteiger partial charge in [-0.25, -0.2) is 4.98 Å². The van der Waals surface area contributed by atoms with E-state index in [0.717, 1.165) is 4.47 Å². The molecule has 0 aliphatic heterocycles. The summed E-state index contributed by atoms with van der Waals surface area (Å²) in [5, 5.41) is 11.6. The lowest BCUT2D eigenvalue weighted by Crippen LogP contribution is -2.39. The van der Waals surface area contributed by atoms with Crippen molar-refractivity contribution in [2.45, 2.75) is 19.9 Å². The van der Waals surface area contributed by atoms with Crippen LogP contribution < -0.4 is 5.32 Å². The highest BCUT2D eigenvalue weighted by molar-refractivity contribution is 9.10. The molecule has 100 valence electrons. The third-order valence-corrected chi connectivity index (χ3v) is 2.93. The number of nitrogens with zero attached hydrogens (tertiary/aromatic N) is 2. The molecule has 1 amide bonds. The summed E-state index contributed by atoms with van der Waals surface area (Å²) in [4.78, 5) is 17.8. The Balaban J connectivity index is 2.52. The van der Waals surface area contributed by atoms with Crippen LogP contribution in [0.3, 0.4) is 0 Å². The topological polar surface area (TPSA) is 65.5 Å². The summed E-state index contributed by atoms with van der Waals surface area (Å²) >= 11 is 3.28. The zero-order valence-electron chi connectivity index (χ0n) is 10.6. The van der Waals surface area contributed by atoms with E-state index in [-0.39, 0.29) is 25.1 Å². The lowest BCUT2D eigenvalue weighted by Gasteiger charge is -2.24. The molecule has 2 N–H and O–H groups in total. The molecule has 0 aliphatic rings. The minimum absolute atomic E-state index is 0.0436. The normalized spacial score (nSPS) is 11.0. The monoisotopic (exact) mass is 315 g/mol. The minimum atomic E-state index is -0.132. The van der Waals surface area contributed by atoms with E-state index in [0.29, 0.717) is 12.4 Å². The van der Waals surface area contributed by atoms with Crippen LogP contribution in [0, 0.1) is 0 Å². The number of nitrogens with one attached hydrogen (secondary N) is 1. The molecule has 0 radical (unpaired) electrons. The van der Waals surface area contributed by atoms with Gasteiger partial charge in [-0.05, 0) is 41.9 Å². The van der Waals surface area contributed by atoms with Gasteiger partial charge in [-0.15, -0.1) is 0 Å². The third kappa shape index (κ3) is 5.12. The van der Waals surface area contributed by atoms with E-state index >= 15 is 0 Å². The van der Waals surface area contributed by atoms with Crippen LogP contribution in [0.1, 0.15) is 13.8 Å². The standard InChI is InChI=1S/C12H18BrN3O2/c1-9(2)16(5-6-17)8-12(18)15-11-4-3-10(13)7-14-11/h3-4,7,9,17H,5-6,8H2,1-2H3,(H,14,15,18). The predicted octanol–water partition coefficient (Wildman–Crippen LogP) is 1.49. The quantitative estimate of drug-likeness (QED) is 0.834. The lowest BCUT2D eigenvalue weighted by atomic mass is 10.3. The Labute approximate surface area is 115 Å². The zero-order chi connectivity index (χ0) is 13.5. The Hall–Kier alpha value is -0.980. The van der Waals surface area contributed by atoms with Gasteiger partial charge in [0.15, 0.2) is 0 Å². The molecular formula is C12H18BrN3O2. The molecule has 0 unspecified atom stereocenters. The first-order chi connectivity index (χ1) is 8.52. The summed E-state index contributed by atoms with van der Waals surface area (Å²) in [7, 11) is 0. The molecule has 0 spiro atoms. The van der Waals surface area contributed by atoms with Crippen LogP contribution in [0.5, 0.6) is 0 Å². The first-order valence-electron chi connectivity index (χ1n) is 5.79. The Morgan fingerprint density at radius 1 is 1.56 bits per heavy atom. The van der Waals surface area contributed by atoms with Gasteiger partial charge in [0.2, 0.25) is 5.91 Å². The average Bonchev–Trinajstić information content (AvgIpc) is 2.31. The smallest absolute Gasteiger partial charge is 0.239 e. The highest BCUT2D eigenvalue weighted by Crippen LogP contribution is 2.10. The molecule has 1 rings (SSSR count). The Morgan fingerprint density at radius 2 is 2.28 bits per heavy atom. The van der Waals surface area contributed by atoms with Gasteiger partial charge in [0.25, 0.3) is 0 Å². The molecule has 18 heavy (non-hydrogen) atoms. The number of amides is 1. The number of aliphatic hydroxyl groups excluding tert-OH is 1. The number of aliphatic hydroxyl groups is 1. The van der Waals surface area contributed by atoms with E-state index in [4.69, 9.17) is 5.11 Å². The Morgan fingerprint density at radius 3 is 2.78 bits per heavy atom. The number of hydrogen-bond acceptors (Lipinski definition) is 4. The van der Waals surface area contributed by atoms with Crippen molar-refractivity contribution in [1.29, 1.82) is 0 Å². The molecular weight excluding hydrogens is 298 g/mol. The van der Waals surface area contributed by atoms with Crippen molar-refractivity contribution in [3.05, 3.63) is 22.8 Å².